The summed E-state index contributed by atoms with van der Waals surface area (Å²) in [5.74, 6) is -0.544. The molecule has 0 unspecified atom stereocenters. The molecule has 1 fully saturated rings. The van der Waals surface area contributed by atoms with E-state index < -0.39 is 0 Å². The molecule has 0 saturated carbocycles. The summed E-state index contributed by atoms with van der Waals surface area (Å²) in [5, 5.41) is 6.79. The number of nitrogens with one attached hydrogen (secondary N) is 1. The van der Waals surface area contributed by atoms with Crippen LogP contribution in [-0.4, -0.2) is 71.2 Å². The largest absolute Gasteiger partial charge is 0.358 e. The number of carbonyl (C=O) groups is 2. The Bertz CT molecular complexity index is 812. The van der Waals surface area contributed by atoms with Gasteiger partial charge in [0.05, 0.1) is 24.0 Å². The number of aromatic nitrogens is 2. The van der Waals surface area contributed by atoms with Gasteiger partial charge in [-0.2, -0.15) is 5.10 Å². The number of para-hydroxylation sites is 1. The number of carbonyl (C=O) groups excluding carboxylic acids is 2. The normalized spacial score (nSPS) is 15.1. The van der Waals surface area contributed by atoms with Crippen LogP contribution in [0, 0.1) is 12.7 Å². The van der Waals surface area contributed by atoms with Crippen molar-refractivity contribution in [3.63, 3.8) is 0 Å². The van der Waals surface area contributed by atoms with E-state index >= 15 is 0 Å². The van der Waals surface area contributed by atoms with Crippen LogP contribution in [0.25, 0.3) is 5.69 Å². The standard InChI is InChI=1S/C18H22FN5O2/c1-13-14(11-21-24(13)16-6-4-3-5-15(16)19)18(26)23-9-7-22(8-10-23)12-17(25)20-2/h3-6,11H,7-10,12H2,1-2H3,(H,20,25). The highest BCUT2D eigenvalue weighted by Crippen LogP contribution is 2.19. The van der Waals surface area contributed by atoms with Gasteiger partial charge in [-0.25, -0.2) is 9.07 Å². The van der Waals surface area contributed by atoms with E-state index in [-0.39, 0.29) is 17.6 Å². The number of piperazine rings is 1. The summed E-state index contributed by atoms with van der Waals surface area (Å²) in [6.45, 7) is 4.46. The Kier molecular flexibility index (Phi) is 5.32. The summed E-state index contributed by atoms with van der Waals surface area (Å²) >= 11 is 0. The topological polar surface area (TPSA) is 70.5 Å². The fourth-order valence-corrected chi connectivity index (χ4v) is 3.05. The smallest absolute Gasteiger partial charge is 0.257 e. The highest BCUT2D eigenvalue weighted by Gasteiger charge is 2.26. The molecule has 1 aromatic carbocycles. The number of amides is 2. The van der Waals surface area contributed by atoms with E-state index in [1.54, 1.807) is 37.1 Å². The number of hydrogen-bond acceptors (Lipinski definition) is 4. The lowest BCUT2D eigenvalue weighted by atomic mass is 10.2. The van der Waals surface area contributed by atoms with Gasteiger partial charge in [-0.15, -0.1) is 0 Å². The van der Waals surface area contributed by atoms with Crippen LogP contribution in [0.1, 0.15) is 16.1 Å². The number of nitrogens with zero attached hydrogens (tertiary/aromatic N) is 4. The highest BCUT2D eigenvalue weighted by atomic mass is 19.1. The van der Waals surface area contributed by atoms with Crippen LogP contribution in [0.15, 0.2) is 30.5 Å². The van der Waals surface area contributed by atoms with Crippen LogP contribution in [0.4, 0.5) is 4.39 Å². The van der Waals surface area contributed by atoms with Crippen molar-refractivity contribution in [2.24, 2.45) is 0 Å². The zero-order valence-electron chi connectivity index (χ0n) is 14.9. The minimum atomic E-state index is -0.388. The fourth-order valence-electron chi connectivity index (χ4n) is 3.05. The van der Waals surface area contributed by atoms with Gasteiger partial charge in [-0.1, -0.05) is 12.1 Å². The molecule has 26 heavy (non-hydrogen) atoms. The molecule has 0 aliphatic carbocycles. The molecule has 1 aromatic heterocycles. The van der Waals surface area contributed by atoms with Crippen molar-refractivity contribution in [2.75, 3.05) is 39.8 Å². The molecule has 1 N–H and O–H groups in total. The van der Waals surface area contributed by atoms with E-state index in [4.69, 9.17) is 0 Å². The Hall–Kier alpha value is -2.74. The van der Waals surface area contributed by atoms with Crippen LogP contribution in [0.5, 0.6) is 0 Å². The Balaban J connectivity index is 1.70. The van der Waals surface area contributed by atoms with Gasteiger partial charge >= 0.3 is 0 Å². The van der Waals surface area contributed by atoms with Crippen molar-refractivity contribution in [2.45, 2.75) is 6.92 Å². The second-order valence-corrected chi connectivity index (χ2v) is 6.25. The first-order valence-electron chi connectivity index (χ1n) is 8.53. The maximum absolute atomic E-state index is 14.0. The summed E-state index contributed by atoms with van der Waals surface area (Å²) in [4.78, 5) is 28.0. The first-order valence-corrected chi connectivity index (χ1v) is 8.53. The molecule has 0 bridgehead atoms. The molecule has 2 aromatic rings. The van der Waals surface area contributed by atoms with Crippen LogP contribution in [0.2, 0.25) is 0 Å². The van der Waals surface area contributed by atoms with Crippen molar-refractivity contribution in [1.82, 2.24) is 24.9 Å². The summed E-state index contributed by atoms with van der Waals surface area (Å²) < 4.78 is 15.5. The highest BCUT2D eigenvalue weighted by molar-refractivity contribution is 5.95. The lowest BCUT2D eigenvalue weighted by molar-refractivity contribution is -0.122. The van der Waals surface area contributed by atoms with Crippen molar-refractivity contribution in [3.05, 3.63) is 47.5 Å². The lowest BCUT2D eigenvalue weighted by Gasteiger charge is -2.34. The molecule has 0 atom stereocenters. The molecule has 1 aliphatic rings. The molecular weight excluding hydrogens is 337 g/mol. The Morgan fingerprint density at radius 1 is 1.19 bits per heavy atom. The van der Waals surface area contributed by atoms with Gasteiger partial charge in [0.2, 0.25) is 5.91 Å². The third kappa shape index (κ3) is 3.60. The van der Waals surface area contributed by atoms with E-state index in [0.717, 1.165) is 0 Å². The molecule has 1 aliphatic heterocycles. The van der Waals surface area contributed by atoms with E-state index in [1.807, 2.05) is 4.90 Å². The molecule has 2 heterocycles. The molecule has 2 amide bonds. The quantitative estimate of drug-likeness (QED) is 0.878. The summed E-state index contributed by atoms with van der Waals surface area (Å²) in [6, 6.07) is 6.33. The average Bonchev–Trinajstić information content (AvgIpc) is 3.03. The fraction of sp³-hybridized carbons (Fsp3) is 0.389. The number of benzene rings is 1. The van der Waals surface area contributed by atoms with E-state index in [9.17, 15) is 14.0 Å². The Morgan fingerprint density at radius 2 is 1.88 bits per heavy atom. The molecule has 0 radical (unpaired) electrons. The minimum Gasteiger partial charge on any atom is -0.358 e. The third-order valence-corrected chi connectivity index (χ3v) is 4.63. The molecule has 1 saturated heterocycles. The van der Waals surface area contributed by atoms with Gasteiger partial charge in [0.1, 0.15) is 11.5 Å². The molecule has 8 heteroatoms. The first kappa shape index (κ1) is 18.1. The van der Waals surface area contributed by atoms with E-state index in [1.165, 1.54) is 16.9 Å². The van der Waals surface area contributed by atoms with Gasteiger partial charge < -0.3 is 10.2 Å². The van der Waals surface area contributed by atoms with Gasteiger partial charge in [-0.3, -0.25) is 14.5 Å². The first-order chi connectivity index (χ1) is 12.5. The predicted octanol–water partition coefficient (Wildman–Crippen LogP) is 0.824. The lowest BCUT2D eigenvalue weighted by Crippen LogP contribution is -2.50. The molecule has 0 spiro atoms. The van der Waals surface area contributed by atoms with E-state index in [0.29, 0.717) is 49.7 Å². The van der Waals surface area contributed by atoms with Crippen LogP contribution in [-0.2, 0) is 4.79 Å². The predicted molar refractivity (Wildman–Crippen MR) is 94.7 cm³/mol. The maximum Gasteiger partial charge on any atom is 0.257 e. The van der Waals surface area contributed by atoms with E-state index in [2.05, 4.69) is 10.4 Å². The minimum absolute atomic E-state index is 0.0354. The third-order valence-electron chi connectivity index (χ3n) is 4.63. The average molecular weight is 359 g/mol. The number of rotatable bonds is 4. The molecule has 138 valence electrons. The SMILES string of the molecule is CNC(=O)CN1CCN(C(=O)c2cnn(-c3ccccc3F)c2C)CC1. The van der Waals surface area contributed by atoms with Crippen LogP contribution >= 0.6 is 0 Å². The van der Waals surface area contributed by atoms with Gasteiger partial charge in [-0.05, 0) is 19.1 Å². The van der Waals surface area contributed by atoms with Gasteiger partial charge in [0.15, 0.2) is 0 Å². The van der Waals surface area contributed by atoms with Crippen LogP contribution in [0.3, 0.4) is 0 Å². The van der Waals surface area contributed by atoms with Gasteiger partial charge in [0, 0.05) is 33.2 Å². The Labute approximate surface area is 151 Å². The number of halogens is 1. The van der Waals surface area contributed by atoms with Crippen LogP contribution < -0.4 is 5.32 Å². The zero-order chi connectivity index (χ0) is 18.7. The summed E-state index contributed by atoms with van der Waals surface area (Å²) in [6.07, 6.45) is 1.49. The Morgan fingerprint density at radius 3 is 2.54 bits per heavy atom. The molecular formula is C18H22FN5O2. The monoisotopic (exact) mass is 359 g/mol. The zero-order valence-corrected chi connectivity index (χ0v) is 14.9. The van der Waals surface area contributed by atoms with Crippen molar-refractivity contribution in [1.29, 1.82) is 0 Å². The van der Waals surface area contributed by atoms with Crippen molar-refractivity contribution in [3.8, 4) is 5.69 Å². The number of hydrogen-bond donors (Lipinski definition) is 1. The summed E-state index contributed by atoms with van der Waals surface area (Å²) in [7, 11) is 1.61. The molecule has 3 rings (SSSR count). The molecule has 7 nitrogen and oxygen atoms in total. The van der Waals surface area contributed by atoms with Crippen molar-refractivity contribution < 1.29 is 14.0 Å². The summed E-state index contributed by atoms with van der Waals surface area (Å²) in [5.41, 5.74) is 1.39. The number of likely N-dealkylation sites (N-methyl/N-ethyl adjacent to an activating group) is 1. The van der Waals surface area contributed by atoms with Crippen molar-refractivity contribution >= 4 is 11.8 Å². The van der Waals surface area contributed by atoms with Gasteiger partial charge in [0.25, 0.3) is 5.91 Å². The second kappa shape index (κ2) is 7.65. The maximum atomic E-state index is 14.0. The second-order valence-electron chi connectivity index (χ2n) is 6.25.